The monoisotopic (exact) mass is 211 g/mol. The summed E-state index contributed by atoms with van der Waals surface area (Å²) in [5.41, 5.74) is 0. The van der Waals surface area contributed by atoms with Crippen LogP contribution in [0.4, 0.5) is 0 Å². The van der Waals surface area contributed by atoms with Gasteiger partial charge in [-0.3, -0.25) is 0 Å². The molecule has 0 unspecified atom stereocenters. The Morgan fingerprint density at radius 1 is 1.23 bits per heavy atom. The molecule has 0 heterocycles. The average molecular weight is 211 g/mol. The van der Waals surface area contributed by atoms with Crippen molar-refractivity contribution in [3.05, 3.63) is 0 Å². The molecule has 2 N–H and O–H groups in total. The minimum Gasteiger partial charge on any atom is -0.794 e. The first-order valence-corrected chi connectivity index (χ1v) is 5.85. The largest absolute Gasteiger partial charge is 0.794 e. The second-order valence-electron chi connectivity index (χ2n) is 4.08. The summed E-state index contributed by atoms with van der Waals surface area (Å²) in [5.74, 6) is 0. The lowest BCUT2D eigenvalue weighted by Crippen LogP contribution is -2.53. The molecule has 0 radical (unpaired) electrons. The molecule has 0 amide bonds. The number of rotatable bonds is 3. The lowest BCUT2D eigenvalue weighted by molar-refractivity contribution is -0.849. The van der Waals surface area contributed by atoms with E-state index in [1.54, 1.807) is 6.92 Å². The Balaban J connectivity index is 0. The van der Waals surface area contributed by atoms with E-state index in [9.17, 15) is 4.80 Å². The highest BCUT2D eigenvalue weighted by molar-refractivity contribution is 6.46. The summed E-state index contributed by atoms with van der Waals surface area (Å²) in [6, 6.07) is 0. The van der Waals surface area contributed by atoms with Gasteiger partial charge in [-0.05, 0) is 6.42 Å². The molecule has 0 aromatic carbocycles. The second-order valence-corrected chi connectivity index (χ2v) is 5.47. The maximum atomic E-state index is 9.89. The van der Waals surface area contributed by atoms with Gasteiger partial charge in [-0.15, -0.1) is 0 Å². The summed E-state index contributed by atoms with van der Waals surface area (Å²) in [4.78, 5) is 26.0. The molecule has 5 nitrogen and oxygen atoms in total. The van der Waals surface area contributed by atoms with Crippen LogP contribution >= 0.6 is 0 Å². The molecule has 0 spiro atoms. The van der Waals surface area contributed by atoms with Crippen molar-refractivity contribution in [3.8, 4) is 0 Å². The third-order valence-corrected chi connectivity index (χ3v) is 1.07. The minimum atomic E-state index is -4.43. The molecule has 0 aromatic rings. The van der Waals surface area contributed by atoms with Crippen LogP contribution in [0, 0.1) is 0 Å². The van der Waals surface area contributed by atoms with Crippen LogP contribution in [0.15, 0.2) is 0 Å². The van der Waals surface area contributed by atoms with E-state index in [-0.39, 0.29) is 6.61 Å². The fraction of sp³-hybridized carbons (Fsp3) is 1.00. The number of quaternary nitrogens is 1. The number of hydrogen-bond donors (Lipinski definition) is 2. The third kappa shape index (κ3) is 47.9. The number of nitrogens with zero attached hydrogens (tertiary/aromatic N) is 1. The van der Waals surface area contributed by atoms with E-state index in [0.29, 0.717) is 6.42 Å². The van der Waals surface area contributed by atoms with E-state index in [2.05, 4.69) is 32.6 Å². The molecule has 0 rings (SSSR count). The van der Waals surface area contributed by atoms with Crippen molar-refractivity contribution in [1.82, 2.24) is 0 Å². The van der Waals surface area contributed by atoms with Gasteiger partial charge in [0.15, 0.2) is 0 Å². The van der Waals surface area contributed by atoms with Crippen molar-refractivity contribution >= 4 is 9.05 Å². The second kappa shape index (κ2) is 6.47. The van der Waals surface area contributed by atoms with Crippen LogP contribution in [-0.4, -0.2) is 57.9 Å². The molecule has 0 saturated carbocycles. The van der Waals surface area contributed by atoms with Gasteiger partial charge in [0.1, 0.15) is 0 Å². The fourth-order valence-electron chi connectivity index (χ4n) is 0.235. The molecule has 0 saturated heterocycles. The van der Waals surface area contributed by atoms with E-state index in [1.165, 1.54) is 0 Å². The molecule has 82 valence electrons. The third-order valence-electron chi connectivity index (χ3n) is 0.494. The first kappa shape index (κ1) is 15.5. The van der Waals surface area contributed by atoms with Gasteiger partial charge < -0.3 is 23.3 Å². The molecule has 0 aliphatic rings. The average Bonchev–Trinajstić information content (AvgIpc) is 1.77. The van der Waals surface area contributed by atoms with E-state index < -0.39 is 9.05 Å². The van der Waals surface area contributed by atoms with Crippen molar-refractivity contribution in [2.75, 3.05) is 34.8 Å². The first-order chi connectivity index (χ1) is 5.56. The Bertz CT molecular complexity index is 113. The highest BCUT2D eigenvalue weighted by Crippen LogP contribution is 1.85. The van der Waals surface area contributed by atoms with Crippen LogP contribution in [0.5, 0.6) is 0 Å². The van der Waals surface area contributed by atoms with Gasteiger partial charge in [-0.25, -0.2) is 0 Å². The molecule has 0 fully saturated rings. The first-order valence-electron chi connectivity index (χ1n) is 4.14. The Labute approximate surface area is 81.3 Å². The van der Waals surface area contributed by atoms with Crippen molar-refractivity contribution < 1.29 is 23.3 Å². The summed E-state index contributed by atoms with van der Waals surface area (Å²) in [6.45, 7) is 1.91. The van der Waals surface area contributed by atoms with Crippen molar-refractivity contribution in [2.45, 2.75) is 13.3 Å². The molecule has 0 atom stereocenters. The van der Waals surface area contributed by atoms with E-state index in [4.69, 9.17) is 9.59 Å². The Hall–Kier alpha value is 0.0169. The topological polar surface area (TPSA) is 72.8 Å². The number of hydrogen-bond acceptors (Lipinski definition) is 4. The smallest absolute Gasteiger partial charge is 0.407 e. The van der Waals surface area contributed by atoms with Gasteiger partial charge >= 0.3 is 9.05 Å². The molecular formula is C7H21NO4Si. The molecule has 0 aliphatic carbocycles. The van der Waals surface area contributed by atoms with Gasteiger partial charge in [0.25, 0.3) is 0 Å². The predicted molar refractivity (Wildman–Crippen MR) is 50.4 cm³/mol. The maximum Gasteiger partial charge on any atom is 0.407 e. The lowest BCUT2D eigenvalue weighted by Gasteiger charge is -2.21. The Morgan fingerprint density at radius 3 is 1.62 bits per heavy atom. The van der Waals surface area contributed by atoms with Crippen LogP contribution < -0.4 is 4.80 Å². The zero-order chi connectivity index (χ0) is 11.1. The van der Waals surface area contributed by atoms with Crippen LogP contribution in [0.2, 0.25) is 0 Å². The summed E-state index contributed by atoms with van der Waals surface area (Å²) in [7, 11) is 4.07. The minimum absolute atomic E-state index is 0.128. The lowest BCUT2D eigenvalue weighted by atomic mass is 10.5. The zero-order valence-corrected chi connectivity index (χ0v) is 10.1. The SMILES string of the molecule is CCCO[Si]([O-])(O)O.C[N+](C)(C)C. The molecule has 0 aromatic heterocycles. The molecule has 13 heavy (non-hydrogen) atoms. The highest BCUT2D eigenvalue weighted by atomic mass is 28.4. The molecule has 6 heteroatoms. The molecular weight excluding hydrogens is 190 g/mol. The van der Waals surface area contributed by atoms with Crippen molar-refractivity contribution in [2.24, 2.45) is 0 Å². The maximum absolute atomic E-state index is 9.89. The van der Waals surface area contributed by atoms with E-state index >= 15 is 0 Å². The predicted octanol–water partition coefficient (Wildman–Crippen LogP) is -1.48. The van der Waals surface area contributed by atoms with Crippen molar-refractivity contribution in [3.63, 3.8) is 0 Å². The Kier molecular flexibility index (Phi) is 7.71. The standard InChI is InChI=1S/C4H12N.C3H9O4Si/c1-5(2,3)4;1-2-3-7-8(4,5)6/h1-4H3;4-5H,2-3H2,1H3/q+1;-1. The van der Waals surface area contributed by atoms with Crippen LogP contribution in [0.3, 0.4) is 0 Å². The van der Waals surface area contributed by atoms with E-state index in [0.717, 1.165) is 4.48 Å². The quantitative estimate of drug-likeness (QED) is 0.441. The van der Waals surface area contributed by atoms with E-state index in [1.807, 2.05) is 0 Å². The summed E-state index contributed by atoms with van der Waals surface area (Å²) in [5, 5.41) is 0. The van der Waals surface area contributed by atoms with Gasteiger partial charge in [0.2, 0.25) is 0 Å². The summed E-state index contributed by atoms with van der Waals surface area (Å²) >= 11 is 0. The van der Waals surface area contributed by atoms with Gasteiger partial charge in [-0.2, -0.15) is 0 Å². The van der Waals surface area contributed by atoms with Crippen LogP contribution in [0.1, 0.15) is 13.3 Å². The zero-order valence-electron chi connectivity index (χ0n) is 9.07. The summed E-state index contributed by atoms with van der Waals surface area (Å²) in [6.07, 6.45) is 0.623. The fourth-order valence-corrected chi connectivity index (χ4v) is 0.705. The molecule has 0 bridgehead atoms. The Morgan fingerprint density at radius 2 is 1.54 bits per heavy atom. The normalized spacial score (nSPS) is 12.0. The highest BCUT2D eigenvalue weighted by Gasteiger charge is 2.11. The van der Waals surface area contributed by atoms with Crippen LogP contribution in [0.25, 0.3) is 0 Å². The van der Waals surface area contributed by atoms with Crippen LogP contribution in [-0.2, 0) is 4.43 Å². The summed E-state index contributed by atoms with van der Waals surface area (Å²) < 4.78 is 5.07. The van der Waals surface area contributed by atoms with Gasteiger partial charge in [0, 0.05) is 6.61 Å². The van der Waals surface area contributed by atoms with Crippen molar-refractivity contribution in [1.29, 1.82) is 0 Å². The molecule has 0 aliphatic heterocycles. The van der Waals surface area contributed by atoms with Gasteiger partial charge in [-0.1, -0.05) is 6.92 Å². The van der Waals surface area contributed by atoms with Gasteiger partial charge in [0.05, 0.1) is 28.2 Å².